The highest BCUT2D eigenvalue weighted by Crippen LogP contribution is 2.44. The Balaban J connectivity index is 2.20. The van der Waals surface area contributed by atoms with Gasteiger partial charge in [-0.1, -0.05) is 13.0 Å². The first-order valence-electron chi connectivity index (χ1n) is 9.28. The highest BCUT2D eigenvalue weighted by atomic mass is 79.9. The molecule has 5 nitrogen and oxygen atoms in total. The van der Waals surface area contributed by atoms with Gasteiger partial charge in [0.25, 0.3) is 0 Å². The van der Waals surface area contributed by atoms with E-state index in [-0.39, 0.29) is 18.4 Å². The van der Waals surface area contributed by atoms with Gasteiger partial charge in [0.2, 0.25) is 0 Å². The average molecular weight is 434 g/mol. The molecule has 1 atom stereocenters. The van der Waals surface area contributed by atoms with Gasteiger partial charge in [0, 0.05) is 29.3 Å². The number of esters is 1. The standard InChI is InChI=1S/C21H24BrNO4/c1-4-14-20(21(25)27-5-2)18(12-9-10-17(26-3)13(22)11-12)19-15(23-14)7-6-8-16(19)24/h9-11,18,23H,4-8H2,1-3H3/t18-/m1/s1. The zero-order valence-corrected chi connectivity index (χ0v) is 17.4. The van der Waals surface area contributed by atoms with E-state index in [1.54, 1.807) is 14.0 Å². The number of ketones is 1. The van der Waals surface area contributed by atoms with Gasteiger partial charge in [0.15, 0.2) is 5.78 Å². The van der Waals surface area contributed by atoms with Crippen LogP contribution in [0.15, 0.2) is 45.2 Å². The Bertz CT molecular complexity index is 841. The lowest BCUT2D eigenvalue weighted by Crippen LogP contribution is -2.35. The molecule has 0 aromatic heterocycles. The van der Waals surface area contributed by atoms with Crippen LogP contribution in [0.5, 0.6) is 5.75 Å². The minimum atomic E-state index is -0.426. The summed E-state index contributed by atoms with van der Waals surface area (Å²) in [6.45, 7) is 4.08. The Hall–Kier alpha value is -2.08. The van der Waals surface area contributed by atoms with Crippen LogP contribution in [0, 0.1) is 0 Å². The number of hydrogen-bond donors (Lipinski definition) is 1. The van der Waals surface area contributed by atoms with Gasteiger partial charge in [0.1, 0.15) is 5.75 Å². The number of nitrogens with one attached hydrogen (secondary N) is 1. The number of dihydropyridines is 1. The Morgan fingerprint density at radius 2 is 2.07 bits per heavy atom. The van der Waals surface area contributed by atoms with Crippen LogP contribution in [0.4, 0.5) is 0 Å². The van der Waals surface area contributed by atoms with Crippen molar-refractivity contribution in [3.8, 4) is 5.75 Å². The van der Waals surface area contributed by atoms with Crippen LogP contribution >= 0.6 is 15.9 Å². The Labute approximate surface area is 167 Å². The summed E-state index contributed by atoms with van der Waals surface area (Å²) in [6.07, 6.45) is 2.81. The second-order valence-corrected chi connectivity index (χ2v) is 7.44. The Morgan fingerprint density at radius 1 is 1.30 bits per heavy atom. The van der Waals surface area contributed by atoms with Gasteiger partial charge in [0.05, 0.1) is 23.8 Å². The topological polar surface area (TPSA) is 64.6 Å². The molecule has 1 N–H and O–H groups in total. The summed E-state index contributed by atoms with van der Waals surface area (Å²) >= 11 is 3.52. The quantitative estimate of drug-likeness (QED) is 0.697. The number of halogens is 1. The molecule has 144 valence electrons. The van der Waals surface area contributed by atoms with Crippen LogP contribution in [-0.2, 0) is 14.3 Å². The van der Waals surface area contributed by atoms with Gasteiger partial charge in [-0.15, -0.1) is 0 Å². The Kier molecular flexibility index (Phi) is 6.05. The van der Waals surface area contributed by atoms with E-state index in [0.29, 0.717) is 29.7 Å². The molecule has 0 radical (unpaired) electrons. The summed E-state index contributed by atoms with van der Waals surface area (Å²) < 4.78 is 11.5. The molecular weight excluding hydrogens is 410 g/mol. The predicted molar refractivity (Wildman–Crippen MR) is 106 cm³/mol. The largest absolute Gasteiger partial charge is 0.496 e. The van der Waals surface area contributed by atoms with Crippen LogP contribution in [-0.4, -0.2) is 25.5 Å². The van der Waals surface area contributed by atoms with Gasteiger partial charge in [-0.2, -0.15) is 0 Å². The molecule has 2 aliphatic rings. The van der Waals surface area contributed by atoms with Gasteiger partial charge < -0.3 is 14.8 Å². The molecule has 0 saturated carbocycles. The molecule has 1 aliphatic heterocycles. The third kappa shape index (κ3) is 3.68. The lowest BCUT2D eigenvalue weighted by molar-refractivity contribution is -0.138. The molecule has 1 aliphatic carbocycles. The molecule has 0 amide bonds. The molecule has 0 saturated heterocycles. The van der Waals surface area contributed by atoms with Gasteiger partial charge in [-0.25, -0.2) is 4.79 Å². The average Bonchev–Trinajstić information content (AvgIpc) is 2.66. The summed E-state index contributed by atoms with van der Waals surface area (Å²) in [5, 5.41) is 3.36. The van der Waals surface area contributed by atoms with E-state index in [1.807, 2.05) is 25.1 Å². The van der Waals surface area contributed by atoms with Gasteiger partial charge in [-0.05, 0) is 59.8 Å². The fourth-order valence-corrected chi connectivity index (χ4v) is 4.38. The summed E-state index contributed by atoms with van der Waals surface area (Å²) in [5.41, 5.74) is 3.87. The van der Waals surface area contributed by atoms with Crippen LogP contribution < -0.4 is 10.1 Å². The molecule has 0 bridgehead atoms. The summed E-state index contributed by atoms with van der Waals surface area (Å²) in [6, 6.07) is 5.69. The number of hydrogen-bond acceptors (Lipinski definition) is 5. The van der Waals surface area contributed by atoms with Crippen molar-refractivity contribution in [3.63, 3.8) is 0 Å². The first-order valence-corrected chi connectivity index (χ1v) is 10.1. The van der Waals surface area contributed by atoms with E-state index in [1.165, 1.54) is 0 Å². The monoisotopic (exact) mass is 433 g/mol. The van der Waals surface area contributed by atoms with Crippen molar-refractivity contribution in [1.82, 2.24) is 5.32 Å². The molecule has 1 heterocycles. The molecule has 1 aromatic carbocycles. The number of methoxy groups -OCH3 is 1. The zero-order valence-electron chi connectivity index (χ0n) is 15.9. The van der Waals surface area contributed by atoms with Crippen LogP contribution in [0.25, 0.3) is 0 Å². The van der Waals surface area contributed by atoms with E-state index in [2.05, 4.69) is 21.2 Å². The third-order valence-electron chi connectivity index (χ3n) is 5.02. The van der Waals surface area contributed by atoms with E-state index < -0.39 is 5.92 Å². The first kappa shape index (κ1) is 19.7. The third-order valence-corrected chi connectivity index (χ3v) is 5.64. The fraction of sp³-hybridized carbons (Fsp3) is 0.429. The maximum atomic E-state index is 12.8. The molecule has 0 spiro atoms. The number of carbonyl (C=O) groups is 2. The lowest BCUT2D eigenvalue weighted by Gasteiger charge is -2.35. The number of ether oxygens (including phenoxy) is 2. The minimum Gasteiger partial charge on any atom is -0.496 e. The van der Waals surface area contributed by atoms with Crippen molar-refractivity contribution in [3.05, 3.63) is 50.8 Å². The first-order chi connectivity index (χ1) is 13.0. The van der Waals surface area contributed by atoms with E-state index in [0.717, 1.165) is 34.3 Å². The lowest BCUT2D eigenvalue weighted by atomic mass is 9.75. The SMILES string of the molecule is CCOC(=O)C1=C(CC)NC2=C(C(=O)CCC2)[C@H]1c1ccc(OC)c(Br)c1. The Morgan fingerprint density at radius 3 is 2.70 bits per heavy atom. The second-order valence-electron chi connectivity index (χ2n) is 6.59. The smallest absolute Gasteiger partial charge is 0.336 e. The normalized spacial score (nSPS) is 19.6. The minimum absolute atomic E-state index is 0.0950. The molecule has 27 heavy (non-hydrogen) atoms. The zero-order chi connectivity index (χ0) is 19.6. The molecule has 3 rings (SSSR count). The van der Waals surface area contributed by atoms with E-state index in [4.69, 9.17) is 9.47 Å². The second kappa shape index (κ2) is 8.30. The highest BCUT2D eigenvalue weighted by Gasteiger charge is 2.39. The number of carbonyl (C=O) groups excluding carboxylic acids is 2. The van der Waals surface area contributed by atoms with Crippen molar-refractivity contribution in [2.75, 3.05) is 13.7 Å². The summed E-state index contributed by atoms with van der Waals surface area (Å²) in [7, 11) is 1.61. The van der Waals surface area contributed by atoms with Gasteiger partial charge in [-0.3, -0.25) is 4.79 Å². The molecular formula is C21H24BrNO4. The van der Waals surface area contributed by atoms with Crippen molar-refractivity contribution in [2.45, 2.75) is 45.4 Å². The fourth-order valence-electron chi connectivity index (χ4n) is 3.82. The van der Waals surface area contributed by atoms with Crippen LogP contribution in [0.1, 0.15) is 51.0 Å². The molecule has 0 fully saturated rings. The maximum Gasteiger partial charge on any atom is 0.336 e. The summed E-state index contributed by atoms with van der Waals surface area (Å²) in [5.74, 6) is 0.000787. The van der Waals surface area contributed by atoms with Gasteiger partial charge >= 0.3 is 5.97 Å². The van der Waals surface area contributed by atoms with Crippen molar-refractivity contribution >= 4 is 27.7 Å². The van der Waals surface area contributed by atoms with E-state index >= 15 is 0 Å². The van der Waals surface area contributed by atoms with Crippen molar-refractivity contribution < 1.29 is 19.1 Å². The molecule has 6 heteroatoms. The van der Waals surface area contributed by atoms with Crippen molar-refractivity contribution in [1.29, 1.82) is 0 Å². The number of rotatable bonds is 5. The van der Waals surface area contributed by atoms with Crippen LogP contribution in [0.2, 0.25) is 0 Å². The summed E-state index contributed by atoms with van der Waals surface area (Å²) in [4.78, 5) is 25.7. The van der Waals surface area contributed by atoms with Crippen molar-refractivity contribution in [2.24, 2.45) is 0 Å². The number of Topliss-reactive ketones (excluding diaryl/α,β-unsaturated/α-hetero) is 1. The number of allylic oxidation sites excluding steroid dienone is 3. The predicted octanol–water partition coefficient (Wildman–Crippen LogP) is 4.38. The molecule has 1 aromatic rings. The van der Waals surface area contributed by atoms with Crippen LogP contribution in [0.3, 0.4) is 0 Å². The highest BCUT2D eigenvalue weighted by molar-refractivity contribution is 9.10. The maximum absolute atomic E-state index is 12.8. The van der Waals surface area contributed by atoms with E-state index in [9.17, 15) is 9.59 Å². The molecule has 0 unspecified atom stereocenters. The number of benzene rings is 1.